The second-order valence-corrected chi connectivity index (χ2v) is 4.63. The van der Waals surface area contributed by atoms with Crippen LogP contribution in [0.15, 0.2) is 12.4 Å². The van der Waals surface area contributed by atoms with E-state index in [4.69, 9.17) is 0 Å². The third kappa shape index (κ3) is 3.42. The quantitative estimate of drug-likeness (QED) is 0.855. The summed E-state index contributed by atoms with van der Waals surface area (Å²) < 4.78 is 0. The Labute approximate surface area is 107 Å². The standard InChI is InChI=1S/C13H20N4O/c1-2-14-12-9-15-11(8-16-12)13(18)17-10-6-4-3-5-7-10/h8-10H,2-7H2,1H3,(H,14,16)(H,17,18). The highest BCUT2D eigenvalue weighted by molar-refractivity contribution is 5.92. The Morgan fingerprint density at radius 3 is 2.67 bits per heavy atom. The molecule has 1 aromatic rings. The fourth-order valence-corrected chi connectivity index (χ4v) is 2.22. The van der Waals surface area contributed by atoms with Gasteiger partial charge in [0.1, 0.15) is 11.5 Å². The number of nitrogens with one attached hydrogen (secondary N) is 2. The van der Waals surface area contributed by atoms with Crippen LogP contribution < -0.4 is 10.6 Å². The molecular formula is C13H20N4O. The van der Waals surface area contributed by atoms with Gasteiger partial charge in [-0.3, -0.25) is 4.79 Å². The summed E-state index contributed by atoms with van der Waals surface area (Å²) in [6.07, 6.45) is 8.97. The highest BCUT2D eigenvalue weighted by Gasteiger charge is 2.17. The number of amides is 1. The van der Waals surface area contributed by atoms with Gasteiger partial charge in [0, 0.05) is 12.6 Å². The van der Waals surface area contributed by atoms with E-state index >= 15 is 0 Å². The molecule has 1 aromatic heterocycles. The highest BCUT2D eigenvalue weighted by atomic mass is 16.1. The molecule has 0 bridgehead atoms. The van der Waals surface area contributed by atoms with Crippen molar-refractivity contribution in [3.8, 4) is 0 Å². The fourth-order valence-electron chi connectivity index (χ4n) is 2.22. The largest absolute Gasteiger partial charge is 0.369 e. The van der Waals surface area contributed by atoms with Gasteiger partial charge in [-0.05, 0) is 19.8 Å². The maximum absolute atomic E-state index is 11.9. The maximum atomic E-state index is 11.9. The molecule has 0 saturated heterocycles. The summed E-state index contributed by atoms with van der Waals surface area (Å²) in [5.41, 5.74) is 0.391. The van der Waals surface area contributed by atoms with E-state index in [0.29, 0.717) is 17.6 Å². The monoisotopic (exact) mass is 248 g/mol. The third-order valence-electron chi connectivity index (χ3n) is 3.18. The summed E-state index contributed by atoms with van der Waals surface area (Å²) in [6.45, 7) is 2.79. The van der Waals surface area contributed by atoms with Gasteiger partial charge in [0.15, 0.2) is 0 Å². The van der Waals surface area contributed by atoms with Gasteiger partial charge in [0.25, 0.3) is 5.91 Å². The molecule has 2 N–H and O–H groups in total. The average molecular weight is 248 g/mol. The van der Waals surface area contributed by atoms with Crippen molar-refractivity contribution in [2.75, 3.05) is 11.9 Å². The lowest BCUT2D eigenvalue weighted by Crippen LogP contribution is -2.36. The number of hydrogen-bond donors (Lipinski definition) is 2. The predicted octanol–water partition coefficient (Wildman–Crippen LogP) is 1.97. The minimum absolute atomic E-state index is 0.113. The summed E-state index contributed by atoms with van der Waals surface area (Å²) in [5.74, 6) is 0.587. The number of nitrogens with zero attached hydrogens (tertiary/aromatic N) is 2. The summed E-state index contributed by atoms with van der Waals surface area (Å²) >= 11 is 0. The fraction of sp³-hybridized carbons (Fsp3) is 0.615. The topological polar surface area (TPSA) is 66.9 Å². The van der Waals surface area contributed by atoms with Crippen molar-refractivity contribution in [1.82, 2.24) is 15.3 Å². The first kappa shape index (κ1) is 12.8. The van der Waals surface area contributed by atoms with Crippen molar-refractivity contribution >= 4 is 11.7 Å². The van der Waals surface area contributed by atoms with Gasteiger partial charge in [-0.2, -0.15) is 0 Å². The first-order chi connectivity index (χ1) is 8.79. The Hall–Kier alpha value is -1.65. The van der Waals surface area contributed by atoms with Crippen LogP contribution in [-0.4, -0.2) is 28.5 Å². The van der Waals surface area contributed by atoms with E-state index in [0.717, 1.165) is 19.4 Å². The first-order valence-corrected chi connectivity index (χ1v) is 6.66. The van der Waals surface area contributed by atoms with Crippen molar-refractivity contribution in [2.45, 2.75) is 45.1 Å². The third-order valence-corrected chi connectivity index (χ3v) is 3.18. The summed E-state index contributed by atoms with van der Waals surface area (Å²) in [6, 6.07) is 0.307. The molecule has 1 aliphatic rings. The van der Waals surface area contributed by atoms with E-state index in [-0.39, 0.29) is 5.91 Å². The Bertz CT molecular complexity index is 384. The first-order valence-electron chi connectivity index (χ1n) is 6.66. The van der Waals surface area contributed by atoms with Crippen LogP contribution in [0, 0.1) is 0 Å². The second kappa shape index (κ2) is 6.33. The van der Waals surface area contributed by atoms with Gasteiger partial charge >= 0.3 is 0 Å². The van der Waals surface area contributed by atoms with E-state index in [1.807, 2.05) is 6.92 Å². The molecule has 0 aliphatic heterocycles. The van der Waals surface area contributed by atoms with Crippen molar-refractivity contribution < 1.29 is 4.79 Å². The second-order valence-electron chi connectivity index (χ2n) is 4.63. The predicted molar refractivity (Wildman–Crippen MR) is 70.5 cm³/mol. The summed E-state index contributed by atoms with van der Waals surface area (Å²) in [4.78, 5) is 20.2. The molecule has 0 radical (unpaired) electrons. The lowest BCUT2D eigenvalue weighted by atomic mass is 9.95. The van der Waals surface area contributed by atoms with E-state index in [1.165, 1.54) is 25.5 Å². The van der Waals surface area contributed by atoms with Gasteiger partial charge in [-0.15, -0.1) is 0 Å². The smallest absolute Gasteiger partial charge is 0.271 e. The molecule has 1 heterocycles. The Morgan fingerprint density at radius 2 is 2.06 bits per heavy atom. The SMILES string of the molecule is CCNc1cnc(C(=O)NC2CCCCC2)cn1. The Morgan fingerprint density at radius 1 is 1.28 bits per heavy atom. The zero-order valence-corrected chi connectivity index (χ0v) is 10.8. The molecule has 1 amide bonds. The van der Waals surface area contributed by atoms with Crippen LogP contribution in [0.3, 0.4) is 0 Å². The van der Waals surface area contributed by atoms with Crippen LogP contribution in [-0.2, 0) is 0 Å². The molecule has 1 saturated carbocycles. The average Bonchev–Trinajstić information content (AvgIpc) is 2.41. The minimum Gasteiger partial charge on any atom is -0.369 e. The zero-order valence-electron chi connectivity index (χ0n) is 10.8. The Balaban J connectivity index is 1.91. The molecule has 5 nitrogen and oxygen atoms in total. The van der Waals surface area contributed by atoms with E-state index in [2.05, 4.69) is 20.6 Å². The lowest BCUT2D eigenvalue weighted by molar-refractivity contribution is 0.0922. The van der Waals surface area contributed by atoms with Gasteiger partial charge in [-0.1, -0.05) is 19.3 Å². The van der Waals surface area contributed by atoms with Crippen LogP contribution in [0.5, 0.6) is 0 Å². The summed E-state index contributed by atoms with van der Waals surface area (Å²) in [7, 11) is 0. The molecule has 0 unspecified atom stereocenters. The normalized spacial score (nSPS) is 16.3. The molecule has 18 heavy (non-hydrogen) atoms. The maximum Gasteiger partial charge on any atom is 0.271 e. The molecule has 0 aromatic carbocycles. The van der Waals surface area contributed by atoms with Crippen molar-refractivity contribution in [3.05, 3.63) is 18.1 Å². The molecule has 98 valence electrons. The molecule has 1 aliphatic carbocycles. The number of carbonyl (C=O) groups is 1. The van der Waals surface area contributed by atoms with Crippen LogP contribution >= 0.6 is 0 Å². The van der Waals surface area contributed by atoms with E-state index in [9.17, 15) is 4.79 Å². The molecule has 5 heteroatoms. The van der Waals surface area contributed by atoms with Gasteiger partial charge in [-0.25, -0.2) is 9.97 Å². The van der Waals surface area contributed by atoms with E-state index < -0.39 is 0 Å². The van der Waals surface area contributed by atoms with E-state index in [1.54, 1.807) is 6.20 Å². The van der Waals surface area contributed by atoms with Crippen molar-refractivity contribution in [2.24, 2.45) is 0 Å². The van der Waals surface area contributed by atoms with Crippen molar-refractivity contribution in [3.63, 3.8) is 0 Å². The molecule has 2 rings (SSSR count). The van der Waals surface area contributed by atoms with Crippen LogP contribution in [0.4, 0.5) is 5.82 Å². The lowest BCUT2D eigenvalue weighted by Gasteiger charge is -2.22. The number of rotatable bonds is 4. The number of carbonyl (C=O) groups excluding carboxylic acids is 1. The number of hydrogen-bond acceptors (Lipinski definition) is 4. The molecular weight excluding hydrogens is 228 g/mol. The molecule has 0 spiro atoms. The van der Waals surface area contributed by atoms with Gasteiger partial charge < -0.3 is 10.6 Å². The van der Waals surface area contributed by atoms with Crippen molar-refractivity contribution in [1.29, 1.82) is 0 Å². The molecule has 0 atom stereocenters. The van der Waals surface area contributed by atoms with Gasteiger partial charge in [0.05, 0.1) is 12.4 Å². The van der Waals surface area contributed by atoms with Crippen LogP contribution in [0.2, 0.25) is 0 Å². The summed E-state index contributed by atoms with van der Waals surface area (Å²) in [5, 5.41) is 6.07. The zero-order chi connectivity index (χ0) is 12.8. The van der Waals surface area contributed by atoms with Gasteiger partial charge in [0.2, 0.25) is 0 Å². The number of anilines is 1. The number of aromatic nitrogens is 2. The Kier molecular flexibility index (Phi) is 4.50. The molecule has 1 fully saturated rings. The van der Waals surface area contributed by atoms with Crippen LogP contribution in [0.25, 0.3) is 0 Å². The van der Waals surface area contributed by atoms with Crippen LogP contribution in [0.1, 0.15) is 49.5 Å². The highest BCUT2D eigenvalue weighted by Crippen LogP contribution is 2.17. The minimum atomic E-state index is -0.113.